The van der Waals surface area contributed by atoms with Gasteiger partial charge in [0.1, 0.15) is 6.07 Å². The van der Waals surface area contributed by atoms with Gasteiger partial charge >= 0.3 is 0 Å². The van der Waals surface area contributed by atoms with Crippen LogP contribution in [0.15, 0.2) is 48.7 Å². The monoisotopic (exact) mass is 238 g/mol. The second-order valence-electron chi connectivity index (χ2n) is 3.90. The summed E-state index contributed by atoms with van der Waals surface area (Å²) in [6.07, 6.45) is 3.49. The second kappa shape index (κ2) is 6.41. The lowest BCUT2D eigenvalue weighted by atomic mass is 10.1. The molecule has 0 atom stereocenters. The van der Waals surface area contributed by atoms with Crippen LogP contribution in [0.25, 0.3) is 0 Å². The largest absolute Gasteiger partial charge is 0.491 e. The van der Waals surface area contributed by atoms with Crippen molar-refractivity contribution < 1.29 is 4.74 Å². The summed E-state index contributed by atoms with van der Waals surface area (Å²) in [5.41, 5.74) is 1.64. The van der Waals surface area contributed by atoms with Crippen LogP contribution in [-0.2, 0) is 6.42 Å². The van der Waals surface area contributed by atoms with Crippen LogP contribution in [0.1, 0.15) is 17.7 Å². The van der Waals surface area contributed by atoms with Gasteiger partial charge in [-0.05, 0) is 30.5 Å². The molecule has 0 N–H and O–H groups in total. The molecule has 1 aromatic carbocycles. The molecule has 1 aromatic heterocycles. The molecule has 0 spiro atoms. The van der Waals surface area contributed by atoms with E-state index in [2.05, 4.69) is 17.1 Å². The average Bonchev–Trinajstić information content (AvgIpc) is 2.45. The maximum absolute atomic E-state index is 8.86. The maximum atomic E-state index is 8.86. The van der Waals surface area contributed by atoms with Crippen molar-refractivity contribution in [2.75, 3.05) is 6.61 Å². The minimum Gasteiger partial charge on any atom is -0.491 e. The number of rotatable bonds is 5. The third-order valence-electron chi connectivity index (χ3n) is 2.59. The Balaban J connectivity index is 1.81. The Morgan fingerprint density at radius 3 is 2.72 bits per heavy atom. The average molecular weight is 238 g/mol. The quantitative estimate of drug-likeness (QED) is 0.752. The molecule has 90 valence electrons. The molecule has 2 rings (SSSR count). The highest BCUT2D eigenvalue weighted by Gasteiger charge is 2.02. The van der Waals surface area contributed by atoms with Gasteiger partial charge in [0.15, 0.2) is 11.4 Å². The highest BCUT2D eigenvalue weighted by atomic mass is 16.5. The summed E-state index contributed by atoms with van der Waals surface area (Å²) in [6.45, 7) is 0.593. The number of hydrogen-bond acceptors (Lipinski definition) is 3. The molecule has 0 radical (unpaired) electrons. The molecular weight excluding hydrogens is 224 g/mol. The molecule has 1 heterocycles. The van der Waals surface area contributed by atoms with E-state index in [1.54, 1.807) is 18.3 Å². The molecule has 0 saturated heterocycles. The molecule has 3 heteroatoms. The summed E-state index contributed by atoms with van der Waals surface area (Å²) in [5, 5.41) is 8.86. The molecule has 0 aliphatic rings. The number of pyridine rings is 1. The highest BCUT2D eigenvalue weighted by Crippen LogP contribution is 2.14. The fourth-order valence-corrected chi connectivity index (χ4v) is 1.69. The smallest absolute Gasteiger partial charge is 0.182 e. The van der Waals surface area contributed by atoms with Gasteiger partial charge < -0.3 is 4.74 Å². The van der Waals surface area contributed by atoms with Gasteiger partial charge in [-0.2, -0.15) is 5.26 Å². The lowest BCUT2D eigenvalue weighted by molar-refractivity contribution is 0.309. The summed E-state index contributed by atoms with van der Waals surface area (Å²) in [5.74, 6) is 0.563. The van der Waals surface area contributed by atoms with Crippen molar-refractivity contribution in [3.8, 4) is 11.8 Å². The van der Waals surface area contributed by atoms with Crippen molar-refractivity contribution >= 4 is 0 Å². The zero-order valence-corrected chi connectivity index (χ0v) is 10.0. The lowest BCUT2D eigenvalue weighted by Crippen LogP contribution is -2.01. The Labute approximate surface area is 107 Å². The predicted octanol–water partition coefficient (Wildman–Crippen LogP) is 2.96. The first kappa shape index (κ1) is 12.1. The fraction of sp³-hybridized carbons (Fsp3) is 0.200. The molecule has 0 aliphatic carbocycles. The van der Waals surface area contributed by atoms with E-state index in [4.69, 9.17) is 10.00 Å². The number of aryl methyl sites for hydroxylation is 1. The normalized spacial score (nSPS) is 9.72. The predicted molar refractivity (Wildman–Crippen MR) is 69.2 cm³/mol. The summed E-state index contributed by atoms with van der Waals surface area (Å²) >= 11 is 0. The van der Waals surface area contributed by atoms with E-state index in [1.165, 1.54) is 5.56 Å². The Hall–Kier alpha value is -2.34. The van der Waals surface area contributed by atoms with Gasteiger partial charge in [0.25, 0.3) is 0 Å². The third-order valence-corrected chi connectivity index (χ3v) is 2.59. The highest BCUT2D eigenvalue weighted by molar-refractivity contribution is 5.36. The number of benzene rings is 1. The molecule has 0 amide bonds. The third kappa shape index (κ3) is 3.33. The topological polar surface area (TPSA) is 45.9 Å². The zero-order chi connectivity index (χ0) is 12.6. The summed E-state index contributed by atoms with van der Waals surface area (Å²) in [7, 11) is 0. The van der Waals surface area contributed by atoms with E-state index < -0.39 is 0 Å². The van der Waals surface area contributed by atoms with Gasteiger partial charge in [-0.25, -0.2) is 4.98 Å². The van der Waals surface area contributed by atoms with Gasteiger partial charge in [-0.3, -0.25) is 0 Å². The van der Waals surface area contributed by atoms with E-state index in [1.807, 2.05) is 24.3 Å². The van der Waals surface area contributed by atoms with Crippen molar-refractivity contribution in [3.63, 3.8) is 0 Å². The Morgan fingerprint density at radius 2 is 1.94 bits per heavy atom. The Bertz CT molecular complexity index is 532. The van der Waals surface area contributed by atoms with Gasteiger partial charge in [0.05, 0.1) is 6.61 Å². The van der Waals surface area contributed by atoms with Crippen molar-refractivity contribution in [3.05, 3.63) is 59.9 Å². The zero-order valence-electron chi connectivity index (χ0n) is 10.0. The first-order valence-corrected chi connectivity index (χ1v) is 5.92. The molecule has 18 heavy (non-hydrogen) atoms. The minimum atomic E-state index is 0.345. The SMILES string of the molecule is N#Cc1ncccc1OCCCc1ccccc1. The van der Waals surface area contributed by atoms with Crippen LogP contribution in [-0.4, -0.2) is 11.6 Å². The maximum Gasteiger partial charge on any atom is 0.182 e. The molecule has 0 fully saturated rings. The molecule has 0 aliphatic heterocycles. The molecule has 0 unspecified atom stereocenters. The number of nitrogens with zero attached hydrogens (tertiary/aromatic N) is 2. The fourth-order valence-electron chi connectivity index (χ4n) is 1.69. The van der Waals surface area contributed by atoms with Gasteiger partial charge in [-0.1, -0.05) is 30.3 Å². The number of aromatic nitrogens is 1. The van der Waals surface area contributed by atoms with Gasteiger partial charge in [0, 0.05) is 6.20 Å². The van der Waals surface area contributed by atoms with Gasteiger partial charge in [-0.15, -0.1) is 0 Å². The van der Waals surface area contributed by atoms with Crippen LogP contribution in [0.2, 0.25) is 0 Å². The van der Waals surface area contributed by atoms with Crippen molar-refractivity contribution in [2.24, 2.45) is 0 Å². The first-order chi connectivity index (χ1) is 8.90. The summed E-state index contributed by atoms with van der Waals surface area (Å²) in [4.78, 5) is 3.95. The molecular formula is C15H14N2O. The van der Waals surface area contributed by atoms with E-state index >= 15 is 0 Å². The molecule has 0 bridgehead atoms. The van der Waals surface area contributed by atoms with Crippen LogP contribution in [0.3, 0.4) is 0 Å². The summed E-state index contributed by atoms with van der Waals surface area (Å²) < 4.78 is 5.56. The van der Waals surface area contributed by atoms with Crippen molar-refractivity contribution in [1.82, 2.24) is 4.98 Å². The number of nitriles is 1. The lowest BCUT2D eigenvalue weighted by Gasteiger charge is -2.06. The Kier molecular flexibility index (Phi) is 4.32. The van der Waals surface area contributed by atoms with Crippen LogP contribution < -0.4 is 4.74 Å². The van der Waals surface area contributed by atoms with E-state index in [0.717, 1.165) is 12.8 Å². The first-order valence-electron chi connectivity index (χ1n) is 5.92. The molecule has 2 aromatic rings. The van der Waals surface area contributed by atoms with Crippen LogP contribution >= 0.6 is 0 Å². The van der Waals surface area contributed by atoms with E-state index in [0.29, 0.717) is 18.1 Å². The van der Waals surface area contributed by atoms with E-state index in [9.17, 15) is 0 Å². The Morgan fingerprint density at radius 1 is 1.11 bits per heavy atom. The van der Waals surface area contributed by atoms with E-state index in [-0.39, 0.29) is 0 Å². The molecule has 0 saturated carbocycles. The van der Waals surface area contributed by atoms with Gasteiger partial charge in [0.2, 0.25) is 0 Å². The van der Waals surface area contributed by atoms with Crippen LogP contribution in [0, 0.1) is 11.3 Å². The van der Waals surface area contributed by atoms with Crippen molar-refractivity contribution in [1.29, 1.82) is 5.26 Å². The van der Waals surface area contributed by atoms with Crippen LogP contribution in [0.5, 0.6) is 5.75 Å². The number of ether oxygens (including phenoxy) is 1. The minimum absolute atomic E-state index is 0.345. The standard InChI is InChI=1S/C15H14N2O/c16-12-14-15(9-4-10-17-14)18-11-5-8-13-6-2-1-3-7-13/h1-4,6-7,9-10H,5,8,11H2. The van der Waals surface area contributed by atoms with Crippen molar-refractivity contribution in [2.45, 2.75) is 12.8 Å². The molecule has 3 nitrogen and oxygen atoms in total. The second-order valence-corrected chi connectivity index (χ2v) is 3.90. The van der Waals surface area contributed by atoms with Crippen LogP contribution in [0.4, 0.5) is 0 Å². The summed E-state index contributed by atoms with van der Waals surface area (Å²) in [6, 6.07) is 15.8. The number of hydrogen-bond donors (Lipinski definition) is 0.